The average molecular weight is 272 g/mol. The van der Waals surface area contributed by atoms with Gasteiger partial charge in [0.2, 0.25) is 5.13 Å². The Kier molecular flexibility index (Phi) is 3.95. The number of hydrogen-bond acceptors (Lipinski definition) is 6. The van der Waals surface area contributed by atoms with Crippen LogP contribution in [0.4, 0.5) is 5.13 Å². The van der Waals surface area contributed by atoms with Gasteiger partial charge in [-0.2, -0.15) is 16.1 Å². The van der Waals surface area contributed by atoms with E-state index in [0.29, 0.717) is 6.04 Å². The van der Waals surface area contributed by atoms with Crippen LogP contribution in [0.5, 0.6) is 0 Å². The second-order valence-corrected chi connectivity index (χ2v) is 7.31. The normalized spacial score (nSPS) is 22.7. The van der Waals surface area contributed by atoms with Crippen molar-refractivity contribution in [1.82, 2.24) is 14.3 Å². The molecule has 1 N–H and O–H groups in total. The summed E-state index contributed by atoms with van der Waals surface area (Å²) in [7, 11) is 2.16. The first kappa shape index (κ1) is 13.1. The van der Waals surface area contributed by atoms with Gasteiger partial charge in [0.05, 0.1) is 6.04 Å². The van der Waals surface area contributed by atoms with Crippen LogP contribution in [0.3, 0.4) is 0 Å². The molecule has 1 unspecified atom stereocenters. The number of hydrogen-bond donors (Lipinski definition) is 1. The summed E-state index contributed by atoms with van der Waals surface area (Å²) < 4.78 is 4.49. The molecule has 1 aromatic heterocycles. The summed E-state index contributed by atoms with van der Waals surface area (Å²) in [4.78, 5) is 6.96. The molecule has 1 aliphatic rings. The van der Waals surface area contributed by atoms with Gasteiger partial charge in [-0.3, -0.25) is 4.90 Å². The molecule has 1 atom stereocenters. The maximum atomic E-state index is 4.61. The van der Waals surface area contributed by atoms with Crippen LogP contribution in [-0.4, -0.2) is 44.9 Å². The maximum absolute atomic E-state index is 4.61. The Labute approximate surface area is 111 Å². The topological polar surface area (TPSA) is 41.1 Å². The zero-order chi connectivity index (χ0) is 12.5. The second kappa shape index (κ2) is 5.12. The van der Waals surface area contributed by atoms with Crippen LogP contribution >= 0.6 is 23.3 Å². The highest BCUT2D eigenvalue weighted by Gasteiger charge is 2.25. The van der Waals surface area contributed by atoms with E-state index in [0.717, 1.165) is 23.3 Å². The highest BCUT2D eigenvalue weighted by molar-refractivity contribution is 7.99. The summed E-state index contributed by atoms with van der Waals surface area (Å²) in [6.45, 7) is 7.53. The lowest BCUT2D eigenvalue weighted by Crippen LogP contribution is -2.33. The fourth-order valence-electron chi connectivity index (χ4n) is 1.70. The van der Waals surface area contributed by atoms with Gasteiger partial charge in [0.25, 0.3) is 0 Å². The number of rotatable bonds is 2. The van der Waals surface area contributed by atoms with Crippen molar-refractivity contribution in [3.63, 3.8) is 0 Å². The third-order valence-corrected chi connectivity index (χ3v) is 4.29. The summed E-state index contributed by atoms with van der Waals surface area (Å²) >= 11 is 3.45. The molecule has 96 valence electrons. The molecule has 4 nitrogen and oxygen atoms in total. The van der Waals surface area contributed by atoms with Crippen LogP contribution < -0.4 is 5.32 Å². The van der Waals surface area contributed by atoms with E-state index in [-0.39, 0.29) is 5.54 Å². The summed E-state index contributed by atoms with van der Waals surface area (Å²) in [5, 5.41) is 4.30. The van der Waals surface area contributed by atoms with E-state index in [4.69, 9.17) is 0 Å². The number of thioether (sulfide) groups is 1. The van der Waals surface area contributed by atoms with Crippen molar-refractivity contribution in [2.24, 2.45) is 0 Å². The molecule has 0 spiro atoms. The van der Waals surface area contributed by atoms with Crippen molar-refractivity contribution in [1.29, 1.82) is 0 Å². The van der Waals surface area contributed by atoms with Gasteiger partial charge in [0.1, 0.15) is 0 Å². The molecule has 0 aliphatic carbocycles. The second-order valence-electron chi connectivity index (χ2n) is 5.40. The first-order chi connectivity index (χ1) is 7.96. The zero-order valence-corrected chi connectivity index (χ0v) is 12.5. The van der Waals surface area contributed by atoms with E-state index < -0.39 is 0 Å². The lowest BCUT2D eigenvalue weighted by atomic mass is 10.1. The molecule has 1 aliphatic heterocycles. The number of nitrogens with zero attached hydrogens (tertiary/aromatic N) is 3. The minimum atomic E-state index is 0.0457. The van der Waals surface area contributed by atoms with Gasteiger partial charge >= 0.3 is 0 Å². The van der Waals surface area contributed by atoms with Crippen molar-refractivity contribution in [2.45, 2.75) is 32.4 Å². The predicted molar refractivity (Wildman–Crippen MR) is 76.0 cm³/mol. The SMILES string of the molecule is CN1CCSCC1c1nsc(NC(C)(C)C)n1. The van der Waals surface area contributed by atoms with Gasteiger partial charge in [-0.05, 0) is 27.8 Å². The number of nitrogens with one attached hydrogen (secondary N) is 1. The van der Waals surface area contributed by atoms with E-state index in [1.165, 1.54) is 17.3 Å². The molecule has 0 bridgehead atoms. The van der Waals surface area contributed by atoms with Crippen molar-refractivity contribution in [3.05, 3.63) is 5.82 Å². The van der Waals surface area contributed by atoms with E-state index in [1.807, 2.05) is 11.8 Å². The minimum absolute atomic E-state index is 0.0457. The van der Waals surface area contributed by atoms with Crippen LogP contribution in [0.2, 0.25) is 0 Å². The lowest BCUT2D eigenvalue weighted by Gasteiger charge is -2.29. The Bertz CT molecular complexity index is 372. The molecule has 1 fully saturated rings. The van der Waals surface area contributed by atoms with Crippen molar-refractivity contribution < 1.29 is 0 Å². The van der Waals surface area contributed by atoms with E-state index in [2.05, 4.69) is 47.4 Å². The molecule has 0 radical (unpaired) electrons. The molecule has 2 heterocycles. The molecule has 0 aromatic carbocycles. The van der Waals surface area contributed by atoms with Gasteiger partial charge in [-0.1, -0.05) is 0 Å². The molecule has 17 heavy (non-hydrogen) atoms. The Morgan fingerprint density at radius 2 is 2.18 bits per heavy atom. The van der Waals surface area contributed by atoms with Crippen LogP contribution in [0.1, 0.15) is 32.6 Å². The Morgan fingerprint density at radius 1 is 1.41 bits per heavy atom. The maximum Gasteiger partial charge on any atom is 0.203 e. The number of aromatic nitrogens is 2. The van der Waals surface area contributed by atoms with Gasteiger partial charge in [-0.15, -0.1) is 0 Å². The largest absolute Gasteiger partial charge is 0.356 e. The van der Waals surface area contributed by atoms with Crippen LogP contribution in [-0.2, 0) is 0 Å². The molecule has 2 rings (SSSR count). The highest BCUT2D eigenvalue weighted by Crippen LogP contribution is 2.28. The molecule has 1 saturated heterocycles. The van der Waals surface area contributed by atoms with Crippen molar-refractivity contribution >= 4 is 28.4 Å². The van der Waals surface area contributed by atoms with Crippen molar-refractivity contribution in [2.75, 3.05) is 30.4 Å². The first-order valence-corrected chi connectivity index (χ1v) is 7.78. The lowest BCUT2D eigenvalue weighted by molar-refractivity contribution is 0.266. The minimum Gasteiger partial charge on any atom is -0.356 e. The predicted octanol–water partition coefficient (Wildman–Crippen LogP) is 2.47. The monoisotopic (exact) mass is 272 g/mol. The third-order valence-electron chi connectivity index (χ3n) is 2.62. The third kappa shape index (κ3) is 3.56. The smallest absolute Gasteiger partial charge is 0.203 e. The number of anilines is 1. The molecule has 0 saturated carbocycles. The Morgan fingerprint density at radius 3 is 2.82 bits per heavy atom. The average Bonchev–Trinajstić information content (AvgIpc) is 2.64. The van der Waals surface area contributed by atoms with E-state index >= 15 is 0 Å². The highest BCUT2D eigenvalue weighted by atomic mass is 32.2. The van der Waals surface area contributed by atoms with Crippen molar-refractivity contribution in [3.8, 4) is 0 Å². The molecular weight excluding hydrogens is 252 g/mol. The van der Waals surface area contributed by atoms with Gasteiger partial charge in [-0.25, -0.2) is 4.98 Å². The Balaban J connectivity index is 2.07. The Hall–Kier alpha value is -0.330. The first-order valence-electron chi connectivity index (χ1n) is 5.85. The molecule has 0 amide bonds. The van der Waals surface area contributed by atoms with E-state index in [1.54, 1.807) is 0 Å². The van der Waals surface area contributed by atoms with Gasteiger partial charge in [0.15, 0.2) is 5.82 Å². The van der Waals surface area contributed by atoms with Crippen LogP contribution in [0.15, 0.2) is 0 Å². The summed E-state index contributed by atoms with van der Waals surface area (Å²) in [5.41, 5.74) is 0.0457. The van der Waals surface area contributed by atoms with Crippen LogP contribution in [0.25, 0.3) is 0 Å². The molecule has 1 aromatic rings. The zero-order valence-electron chi connectivity index (χ0n) is 10.9. The molecule has 6 heteroatoms. The fraction of sp³-hybridized carbons (Fsp3) is 0.818. The van der Waals surface area contributed by atoms with Gasteiger partial charge < -0.3 is 5.32 Å². The summed E-state index contributed by atoms with van der Waals surface area (Å²) in [5.74, 6) is 3.28. The van der Waals surface area contributed by atoms with Crippen LogP contribution in [0, 0.1) is 0 Å². The summed E-state index contributed by atoms with van der Waals surface area (Å²) in [6.07, 6.45) is 0. The fourth-order valence-corrected chi connectivity index (χ4v) is 3.74. The quantitative estimate of drug-likeness (QED) is 0.895. The van der Waals surface area contributed by atoms with E-state index in [9.17, 15) is 0 Å². The standard InChI is InChI=1S/C11H20N4S2/c1-11(2,3)13-10-12-9(14-17-10)8-7-16-6-5-15(8)4/h8H,5-7H2,1-4H3,(H,12,13,14). The summed E-state index contributed by atoms with van der Waals surface area (Å²) in [6, 6.07) is 0.375. The van der Waals surface area contributed by atoms with Gasteiger partial charge in [0, 0.05) is 35.1 Å². The molecular formula is C11H20N4S2.